The Labute approximate surface area is 114 Å². The highest BCUT2D eigenvalue weighted by atomic mass is 35.5. The molecule has 1 N–H and O–H groups in total. The molecule has 3 nitrogen and oxygen atoms in total. The van der Waals surface area contributed by atoms with Crippen molar-refractivity contribution in [2.24, 2.45) is 5.41 Å². The molecule has 2 rings (SSSR count). The molecule has 1 aliphatic rings. The molecule has 0 saturated heterocycles. The second-order valence-electron chi connectivity index (χ2n) is 5.45. The number of aryl methyl sites for hydroxylation is 1. The Morgan fingerprint density at radius 3 is 2.50 bits per heavy atom. The van der Waals surface area contributed by atoms with Crippen LogP contribution in [0.4, 0.5) is 5.82 Å². The highest BCUT2D eigenvalue weighted by Crippen LogP contribution is 2.41. The first kappa shape index (κ1) is 13.6. The third-order valence-electron chi connectivity index (χ3n) is 4.24. The van der Waals surface area contributed by atoms with Crippen LogP contribution in [0.25, 0.3) is 0 Å². The Bertz CT molecular complexity index is 425. The monoisotopic (exact) mass is 267 g/mol. The van der Waals surface area contributed by atoms with Gasteiger partial charge < -0.3 is 5.32 Å². The minimum Gasteiger partial charge on any atom is -0.369 e. The van der Waals surface area contributed by atoms with Crippen molar-refractivity contribution in [3.8, 4) is 0 Å². The van der Waals surface area contributed by atoms with E-state index in [2.05, 4.69) is 22.2 Å². The maximum atomic E-state index is 6.09. The summed E-state index contributed by atoms with van der Waals surface area (Å²) in [4.78, 5) is 8.62. The van der Waals surface area contributed by atoms with E-state index in [4.69, 9.17) is 11.6 Å². The molecule has 4 heteroatoms. The summed E-state index contributed by atoms with van der Waals surface area (Å²) in [6.07, 6.45) is 6.60. The average Bonchev–Trinajstić information content (AvgIpc) is 2.81. The van der Waals surface area contributed by atoms with Crippen molar-refractivity contribution in [1.82, 2.24) is 9.97 Å². The zero-order valence-electron chi connectivity index (χ0n) is 11.5. The molecule has 1 saturated carbocycles. The lowest BCUT2D eigenvalue weighted by Gasteiger charge is -2.28. The standard InChI is InChI=1S/C14H22ClN3/c1-4-14(7-5-6-8-14)9-16-13-10(2)12(15)17-11(3)18-13/h4-9H2,1-3H3,(H,16,17,18). The SMILES string of the molecule is CCC1(CNc2nc(C)nc(Cl)c2C)CCCC1. The minimum atomic E-state index is 0.456. The van der Waals surface area contributed by atoms with Crippen LogP contribution >= 0.6 is 11.6 Å². The highest BCUT2D eigenvalue weighted by molar-refractivity contribution is 6.30. The largest absolute Gasteiger partial charge is 0.369 e. The fraction of sp³-hybridized carbons (Fsp3) is 0.714. The van der Waals surface area contributed by atoms with E-state index in [-0.39, 0.29) is 0 Å². The fourth-order valence-corrected chi connectivity index (χ4v) is 3.03. The summed E-state index contributed by atoms with van der Waals surface area (Å²) in [6, 6.07) is 0. The first-order chi connectivity index (χ1) is 8.56. The Balaban J connectivity index is 2.10. The van der Waals surface area contributed by atoms with Crippen molar-refractivity contribution in [2.75, 3.05) is 11.9 Å². The Morgan fingerprint density at radius 2 is 1.89 bits per heavy atom. The van der Waals surface area contributed by atoms with Gasteiger partial charge in [0, 0.05) is 12.1 Å². The molecule has 1 aliphatic carbocycles. The predicted octanol–water partition coefficient (Wildman–Crippen LogP) is 4.13. The summed E-state index contributed by atoms with van der Waals surface area (Å²) in [5.41, 5.74) is 1.41. The lowest BCUT2D eigenvalue weighted by molar-refractivity contribution is 0.306. The van der Waals surface area contributed by atoms with Crippen LogP contribution < -0.4 is 5.32 Å². The highest BCUT2D eigenvalue weighted by Gasteiger charge is 2.31. The maximum absolute atomic E-state index is 6.09. The van der Waals surface area contributed by atoms with Gasteiger partial charge in [0.15, 0.2) is 0 Å². The van der Waals surface area contributed by atoms with E-state index in [1.165, 1.54) is 32.1 Å². The summed E-state index contributed by atoms with van der Waals surface area (Å²) >= 11 is 6.09. The third kappa shape index (κ3) is 2.77. The second kappa shape index (κ2) is 5.43. The van der Waals surface area contributed by atoms with E-state index < -0.39 is 0 Å². The summed E-state index contributed by atoms with van der Waals surface area (Å²) < 4.78 is 0. The van der Waals surface area contributed by atoms with Gasteiger partial charge in [-0.1, -0.05) is 31.4 Å². The molecule has 1 heterocycles. The lowest BCUT2D eigenvalue weighted by Crippen LogP contribution is -2.26. The zero-order chi connectivity index (χ0) is 13.2. The molecule has 1 aromatic rings. The van der Waals surface area contributed by atoms with Gasteiger partial charge in [-0.15, -0.1) is 0 Å². The van der Waals surface area contributed by atoms with Gasteiger partial charge in [0.1, 0.15) is 16.8 Å². The zero-order valence-corrected chi connectivity index (χ0v) is 12.3. The van der Waals surface area contributed by atoms with E-state index in [9.17, 15) is 0 Å². The van der Waals surface area contributed by atoms with Crippen LogP contribution in [-0.4, -0.2) is 16.5 Å². The van der Waals surface area contributed by atoms with Crippen LogP contribution in [0.1, 0.15) is 50.4 Å². The van der Waals surface area contributed by atoms with E-state index in [1.807, 2.05) is 13.8 Å². The molecule has 1 aromatic heterocycles. The molecule has 0 radical (unpaired) electrons. The van der Waals surface area contributed by atoms with Crippen molar-refractivity contribution in [3.63, 3.8) is 0 Å². The van der Waals surface area contributed by atoms with Crippen LogP contribution in [0, 0.1) is 19.3 Å². The fourth-order valence-electron chi connectivity index (χ4n) is 2.82. The van der Waals surface area contributed by atoms with E-state index in [0.717, 1.165) is 23.8 Å². The number of nitrogens with zero attached hydrogens (tertiary/aromatic N) is 2. The van der Waals surface area contributed by atoms with Gasteiger partial charge in [-0.2, -0.15) is 0 Å². The van der Waals surface area contributed by atoms with Gasteiger partial charge in [0.2, 0.25) is 0 Å². The number of halogens is 1. The Kier molecular flexibility index (Phi) is 4.10. The van der Waals surface area contributed by atoms with E-state index in [0.29, 0.717) is 10.6 Å². The van der Waals surface area contributed by atoms with Crippen LogP contribution in [0.15, 0.2) is 0 Å². The molecule has 0 atom stereocenters. The predicted molar refractivity (Wildman–Crippen MR) is 76.2 cm³/mol. The van der Waals surface area contributed by atoms with Crippen molar-refractivity contribution in [3.05, 3.63) is 16.5 Å². The van der Waals surface area contributed by atoms with Gasteiger partial charge in [-0.05, 0) is 38.5 Å². The van der Waals surface area contributed by atoms with Gasteiger partial charge in [-0.25, -0.2) is 9.97 Å². The molecule has 0 unspecified atom stereocenters. The molecule has 18 heavy (non-hydrogen) atoms. The molecule has 0 spiro atoms. The summed E-state index contributed by atoms with van der Waals surface area (Å²) in [7, 11) is 0. The minimum absolute atomic E-state index is 0.456. The summed E-state index contributed by atoms with van der Waals surface area (Å²) in [5, 5.41) is 4.05. The van der Waals surface area contributed by atoms with Gasteiger partial charge in [0.25, 0.3) is 0 Å². The molecule has 0 amide bonds. The van der Waals surface area contributed by atoms with Gasteiger partial charge in [0.05, 0.1) is 0 Å². The Morgan fingerprint density at radius 1 is 1.22 bits per heavy atom. The number of hydrogen-bond acceptors (Lipinski definition) is 3. The normalized spacial score (nSPS) is 18.0. The number of rotatable bonds is 4. The number of aromatic nitrogens is 2. The molecule has 100 valence electrons. The molecule has 0 aliphatic heterocycles. The van der Waals surface area contributed by atoms with Crippen molar-refractivity contribution in [2.45, 2.75) is 52.9 Å². The molecule has 0 bridgehead atoms. The van der Waals surface area contributed by atoms with Crippen LogP contribution in [-0.2, 0) is 0 Å². The topological polar surface area (TPSA) is 37.8 Å². The van der Waals surface area contributed by atoms with Crippen molar-refractivity contribution >= 4 is 17.4 Å². The molecule has 1 fully saturated rings. The lowest BCUT2D eigenvalue weighted by atomic mass is 9.83. The van der Waals surface area contributed by atoms with Crippen LogP contribution in [0.5, 0.6) is 0 Å². The number of hydrogen-bond donors (Lipinski definition) is 1. The first-order valence-electron chi connectivity index (χ1n) is 6.81. The van der Waals surface area contributed by atoms with E-state index in [1.54, 1.807) is 0 Å². The average molecular weight is 268 g/mol. The van der Waals surface area contributed by atoms with Crippen LogP contribution in [0.2, 0.25) is 5.15 Å². The quantitative estimate of drug-likeness (QED) is 0.834. The number of anilines is 1. The van der Waals surface area contributed by atoms with Crippen molar-refractivity contribution in [1.29, 1.82) is 0 Å². The van der Waals surface area contributed by atoms with E-state index >= 15 is 0 Å². The van der Waals surface area contributed by atoms with Crippen LogP contribution in [0.3, 0.4) is 0 Å². The smallest absolute Gasteiger partial charge is 0.137 e. The summed E-state index contributed by atoms with van der Waals surface area (Å²) in [6.45, 7) is 7.13. The molecular formula is C14H22ClN3. The third-order valence-corrected chi connectivity index (χ3v) is 4.61. The summed E-state index contributed by atoms with van der Waals surface area (Å²) in [5.74, 6) is 1.62. The molecule has 0 aromatic carbocycles. The van der Waals surface area contributed by atoms with Gasteiger partial charge >= 0.3 is 0 Å². The van der Waals surface area contributed by atoms with Gasteiger partial charge in [-0.3, -0.25) is 0 Å². The Hall–Kier alpha value is -0.830. The maximum Gasteiger partial charge on any atom is 0.137 e. The number of nitrogens with one attached hydrogen (secondary N) is 1. The van der Waals surface area contributed by atoms with Crippen molar-refractivity contribution < 1.29 is 0 Å². The second-order valence-corrected chi connectivity index (χ2v) is 5.81. The molecular weight excluding hydrogens is 246 g/mol. The first-order valence-corrected chi connectivity index (χ1v) is 7.19.